The molecule has 112 valence electrons. The summed E-state index contributed by atoms with van der Waals surface area (Å²) in [6.07, 6.45) is 2.10. The fourth-order valence-corrected chi connectivity index (χ4v) is 3.77. The zero-order chi connectivity index (χ0) is 15.5. The Hall–Kier alpha value is -1.43. The maximum Gasteiger partial charge on any atom is 0.244 e. The number of aryl methyl sites for hydroxylation is 1. The number of nitrogens with zero attached hydrogens (tertiary/aromatic N) is 1. The second kappa shape index (κ2) is 6.56. The van der Waals surface area contributed by atoms with Gasteiger partial charge in [-0.25, -0.2) is 18.1 Å². The third-order valence-electron chi connectivity index (χ3n) is 3.20. The third kappa shape index (κ3) is 3.81. The van der Waals surface area contributed by atoms with Crippen molar-refractivity contribution in [1.82, 2.24) is 9.71 Å². The average Bonchev–Trinajstić information content (AvgIpc) is 2.46. The first kappa shape index (κ1) is 15.9. The van der Waals surface area contributed by atoms with Crippen LogP contribution < -0.4 is 4.72 Å². The molecule has 1 aromatic carbocycles. The first-order chi connectivity index (χ1) is 9.94. The zero-order valence-corrected chi connectivity index (χ0v) is 13.4. The van der Waals surface area contributed by atoms with Crippen molar-refractivity contribution < 1.29 is 8.42 Å². The molecule has 0 saturated heterocycles. The Morgan fingerprint density at radius 2 is 1.90 bits per heavy atom. The number of hydrogen-bond donors (Lipinski definition) is 1. The minimum absolute atomic E-state index is 0.00257. The van der Waals surface area contributed by atoms with Gasteiger partial charge in [-0.05, 0) is 31.0 Å². The van der Waals surface area contributed by atoms with E-state index in [1.807, 2.05) is 38.1 Å². The Morgan fingerprint density at radius 1 is 1.24 bits per heavy atom. The van der Waals surface area contributed by atoms with Crippen LogP contribution >= 0.6 is 11.6 Å². The summed E-state index contributed by atoms with van der Waals surface area (Å²) in [7, 11) is -3.70. The van der Waals surface area contributed by atoms with E-state index in [1.165, 1.54) is 12.3 Å². The molecule has 0 aliphatic heterocycles. The highest BCUT2D eigenvalue weighted by atomic mass is 35.5. The quantitative estimate of drug-likeness (QED) is 0.857. The van der Waals surface area contributed by atoms with Crippen molar-refractivity contribution in [2.24, 2.45) is 0 Å². The molecule has 1 heterocycles. The first-order valence-corrected chi connectivity index (χ1v) is 8.49. The van der Waals surface area contributed by atoms with E-state index >= 15 is 0 Å². The topological polar surface area (TPSA) is 59.1 Å². The van der Waals surface area contributed by atoms with Crippen LogP contribution in [0.4, 0.5) is 0 Å². The van der Waals surface area contributed by atoms with Gasteiger partial charge < -0.3 is 0 Å². The van der Waals surface area contributed by atoms with Crippen LogP contribution in [0.25, 0.3) is 0 Å². The van der Waals surface area contributed by atoms with E-state index in [2.05, 4.69) is 9.71 Å². The van der Waals surface area contributed by atoms with Crippen LogP contribution in [-0.2, 0) is 10.0 Å². The highest BCUT2D eigenvalue weighted by Crippen LogP contribution is 2.23. The standard InChI is InChI=1S/C15H17ClN2O2S/c1-3-13(12-8-6-11(2)7-9-12)18-21(19,20)14-5-4-10-17-15(14)16/h4-10,13,18H,3H2,1-2H3. The molecule has 1 atom stereocenters. The van der Waals surface area contributed by atoms with Crippen molar-refractivity contribution in [2.75, 3.05) is 0 Å². The molecule has 0 aliphatic rings. The summed E-state index contributed by atoms with van der Waals surface area (Å²) in [6, 6.07) is 10.5. The van der Waals surface area contributed by atoms with E-state index in [1.54, 1.807) is 6.07 Å². The molecule has 0 radical (unpaired) electrons. The van der Waals surface area contributed by atoms with Gasteiger partial charge in [0.25, 0.3) is 0 Å². The SMILES string of the molecule is CCC(NS(=O)(=O)c1cccnc1Cl)c1ccc(C)cc1. The summed E-state index contributed by atoms with van der Waals surface area (Å²) >= 11 is 5.87. The van der Waals surface area contributed by atoms with Crippen molar-refractivity contribution in [1.29, 1.82) is 0 Å². The molecule has 0 saturated carbocycles. The van der Waals surface area contributed by atoms with Crippen molar-refractivity contribution in [3.8, 4) is 0 Å². The van der Waals surface area contributed by atoms with E-state index in [0.717, 1.165) is 11.1 Å². The lowest BCUT2D eigenvalue weighted by molar-refractivity contribution is 0.550. The number of pyridine rings is 1. The minimum atomic E-state index is -3.70. The second-order valence-corrected chi connectivity index (χ2v) is 6.83. The summed E-state index contributed by atoms with van der Waals surface area (Å²) in [5, 5.41) is -0.0243. The normalized spacial score (nSPS) is 13.1. The van der Waals surface area contributed by atoms with Gasteiger partial charge in [-0.1, -0.05) is 48.4 Å². The van der Waals surface area contributed by atoms with Crippen LogP contribution in [-0.4, -0.2) is 13.4 Å². The molecule has 1 unspecified atom stereocenters. The maximum absolute atomic E-state index is 12.4. The van der Waals surface area contributed by atoms with Crippen LogP contribution in [0.3, 0.4) is 0 Å². The summed E-state index contributed by atoms with van der Waals surface area (Å²) in [5.74, 6) is 0. The Kier molecular flexibility index (Phi) is 4.98. The lowest BCUT2D eigenvalue weighted by atomic mass is 10.0. The summed E-state index contributed by atoms with van der Waals surface area (Å²) in [5.41, 5.74) is 2.05. The zero-order valence-electron chi connectivity index (χ0n) is 11.9. The van der Waals surface area contributed by atoms with Gasteiger partial charge in [0.15, 0.2) is 0 Å². The van der Waals surface area contributed by atoms with Crippen LogP contribution in [0.15, 0.2) is 47.5 Å². The Labute approximate surface area is 130 Å². The second-order valence-electron chi connectivity index (χ2n) is 4.79. The van der Waals surface area contributed by atoms with Crippen molar-refractivity contribution in [2.45, 2.75) is 31.2 Å². The molecule has 6 heteroatoms. The number of halogens is 1. The van der Waals surface area contributed by atoms with Crippen LogP contribution in [0.2, 0.25) is 5.15 Å². The highest BCUT2D eigenvalue weighted by molar-refractivity contribution is 7.89. The highest BCUT2D eigenvalue weighted by Gasteiger charge is 2.22. The predicted molar refractivity (Wildman–Crippen MR) is 83.8 cm³/mol. The molecule has 2 aromatic rings. The minimum Gasteiger partial charge on any atom is -0.243 e. The van der Waals surface area contributed by atoms with Gasteiger partial charge in [0.1, 0.15) is 10.0 Å². The van der Waals surface area contributed by atoms with Gasteiger partial charge in [-0.15, -0.1) is 0 Å². The summed E-state index contributed by atoms with van der Waals surface area (Å²) in [4.78, 5) is 3.81. The fourth-order valence-electron chi connectivity index (χ4n) is 2.01. The monoisotopic (exact) mass is 324 g/mol. The van der Waals surface area contributed by atoms with E-state index in [4.69, 9.17) is 11.6 Å². The summed E-state index contributed by atoms with van der Waals surface area (Å²) in [6.45, 7) is 3.92. The molecule has 0 bridgehead atoms. The number of nitrogens with one attached hydrogen (secondary N) is 1. The van der Waals surface area contributed by atoms with Crippen LogP contribution in [0, 0.1) is 6.92 Å². The van der Waals surface area contributed by atoms with E-state index in [9.17, 15) is 8.42 Å². The Balaban J connectivity index is 2.30. The van der Waals surface area contributed by atoms with Gasteiger partial charge in [-0.2, -0.15) is 0 Å². The molecule has 2 rings (SSSR count). The number of sulfonamides is 1. The fraction of sp³-hybridized carbons (Fsp3) is 0.267. The van der Waals surface area contributed by atoms with Crippen LogP contribution in [0.5, 0.6) is 0 Å². The number of hydrogen-bond acceptors (Lipinski definition) is 3. The number of benzene rings is 1. The smallest absolute Gasteiger partial charge is 0.243 e. The van der Waals surface area contributed by atoms with E-state index in [0.29, 0.717) is 6.42 Å². The Morgan fingerprint density at radius 3 is 2.48 bits per heavy atom. The molecular formula is C15H17ClN2O2S. The molecule has 0 aliphatic carbocycles. The van der Waals surface area contributed by atoms with Gasteiger partial charge in [0.2, 0.25) is 10.0 Å². The summed E-state index contributed by atoms with van der Waals surface area (Å²) < 4.78 is 27.5. The number of rotatable bonds is 5. The number of aromatic nitrogens is 1. The van der Waals surface area contributed by atoms with Crippen LogP contribution in [0.1, 0.15) is 30.5 Å². The third-order valence-corrected chi connectivity index (χ3v) is 5.12. The van der Waals surface area contributed by atoms with Gasteiger partial charge in [-0.3, -0.25) is 0 Å². The first-order valence-electron chi connectivity index (χ1n) is 6.63. The molecule has 4 nitrogen and oxygen atoms in total. The van der Waals surface area contributed by atoms with Crippen molar-refractivity contribution in [3.63, 3.8) is 0 Å². The van der Waals surface area contributed by atoms with E-state index in [-0.39, 0.29) is 16.1 Å². The van der Waals surface area contributed by atoms with Crippen molar-refractivity contribution in [3.05, 3.63) is 58.9 Å². The molecule has 1 N–H and O–H groups in total. The molecule has 0 spiro atoms. The average molecular weight is 325 g/mol. The van der Waals surface area contributed by atoms with Gasteiger partial charge in [0, 0.05) is 12.2 Å². The van der Waals surface area contributed by atoms with E-state index < -0.39 is 10.0 Å². The lowest BCUT2D eigenvalue weighted by Crippen LogP contribution is -2.28. The molecule has 21 heavy (non-hydrogen) atoms. The lowest BCUT2D eigenvalue weighted by Gasteiger charge is -2.18. The molecular weight excluding hydrogens is 308 g/mol. The van der Waals surface area contributed by atoms with Gasteiger partial charge >= 0.3 is 0 Å². The molecule has 1 aromatic heterocycles. The predicted octanol–water partition coefficient (Wildman–Crippen LogP) is 3.47. The molecule has 0 amide bonds. The van der Waals surface area contributed by atoms with Gasteiger partial charge in [0.05, 0.1) is 0 Å². The largest absolute Gasteiger partial charge is 0.244 e. The maximum atomic E-state index is 12.4. The van der Waals surface area contributed by atoms with Crippen molar-refractivity contribution >= 4 is 21.6 Å². The molecule has 0 fully saturated rings. The Bertz CT molecular complexity index is 715.